The number of likely N-dealkylation sites (N-methyl/N-ethyl adjacent to an activating group) is 1. The molecule has 4 nitrogen and oxygen atoms in total. The number of nitrogens with zero attached hydrogens (tertiary/aromatic N) is 3. The molecule has 0 saturated carbocycles. The van der Waals surface area contributed by atoms with Gasteiger partial charge in [0.1, 0.15) is 0 Å². The molecule has 1 N–H and O–H groups in total. The zero-order chi connectivity index (χ0) is 12.8. The largest absolute Gasteiger partial charge is 0.352 e. The second kappa shape index (κ2) is 6.66. The van der Waals surface area contributed by atoms with E-state index in [2.05, 4.69) is 39.3 Å². The second-order valence-corrected chi connectivity index (χ2v) is 4.91. The van der Waals surface area contributed by atoms with E-state index in [-0.39, 0.29) is 0 Å². The van der Waals surface area contributed by atoms with Crippen molar-refractivity contribution in [3.8, 4) is 0 Å². The Morgan fingerprint density at radius 1 is 1.39 bits per heavy atom. The first-order valence-corrected chi connectivity index (χ1v) is 6.78. The molecule has 0 unspecified atom stereocenters. The molecule has 1 saturated heterocycles. The highest BCUT2D eigenvalue weighted by molar-refractivity contribution is 7.80. The Bertz CT molecular complexity index is 376. The third-order valence-electron chi connectivity index (χ3n) is 3.20. The summed E-state index contributed by atoms with van der Waals surface area (Å²) in [6, 6.07) is 4.11. The molecule has 1 fully saturated rings. The minimum Gasteiger partial charge on any atom is -0.352 e. The van der Waals surface area contributed by atoms with Gasteiger partial charge in [-0.25, -0.2) is 0 Å². The predicted molar refractivity (Wildman–Crippen MR) is 77.6 cm³/mol. The summed E-state index contributed by atoms with van der Waals surface area (Å²) in [7, 11) is 2.07. The lowest BCUT2D eigenvalue weighted by Gasteiger charge is -2.34. The van der Waals surface area contributed by atoms with E-state index in [1.807, 2.05) is 12.4 Å². The van der Waals surface area contributed by atoms with Crippen LogP contribution in [0.3, 0.4) is 0 Å². The van der Waals surface area contributed by atoms with Gasteiger partial charge in [-0.15, -0.1) is 0 Å². The summed E-state index contributed by atoms with van der Waals surface area (Å²) in [5.74, 6) is 0. The lowest BCUT2D eigenvalue weighted by molar-refractivity contribution is 0.318. The molecule has 1 aliphatic rings. The van der Waals surface area contributed by atoms with Crippen molar-refractivity contribution in [2.75, 3.05) is 39.8 Å². The minimum absolute atomic E-state index is 0.951. The van der Waals surface area contributed by atoms with Crippen LogP contribution in [0.15, 0.2) is 24.5 Å². The van der Waals surface area contributed by atoms with Crippen molar-refractivity contribution >= 4 is 17.3 Å². The number of pyridine rings is 1. The van der Waals surface area contributed by atoms with E-state index in [0.717, 1.165) is 44.3 Å². The molecule has 1 aromatic rings. The van der Waals surface area contributed by atoms with Crippen molar-refractivity contribution in [1.82, 2.24) is 20.1 Å². The van der Waals surface area contributed by atoms with Gasteiger partial charge in [0, 0.05) is 52.2 Å². The zero-order valence-corrected chi connectivity index (χ0v) is 11.6. The Kier molecular flexibility index (Phi) is 4.90. The van der Waals surface area contributed by atoms with Crippen LogP contribution in [0.2, 0.25) is 0 Å². The Labute approximate surface area is 114 Å². The van der Waals surface area contributed by atoms with Crippen molar-refractivity contribution in [3.05, 3.63) is 30.1 Å². The summed E-state index contributed by atoms with van der Waals surface area (Å²) < 4.78 is 0. The van der Waals surface area contributed by atoms with Crippen LogP contribution >= 0.6 is 12.2 Å². The quantitative estimate of drug-likeness (QED) is 0.814. The van der Waals surface area contributed by atoms with Crippen molar-refractivity contribution in [2.45, 2.75) is 6.42 Å². The van der Waals surface area contributed by atoms with Gasteiger partial charge in [0.15, 0.2) is 5.11 Å². The number of nitrogens with one attached hydrogen (secondary N) is 1. The Balaban J connectivity index is 1.80. The van der Waals surface area contributed by atoms with E-state index in [9.17, 15) is 0 Å². The molecule has 0 atom stereocenters. The summed E-state index contributed by atoms with van der Waals surface area (Å²) in [6.45, 7) is 5.03. The first-order chi connectivity index (χ1) is 8.77. The first kappa shape index (κ1) is 13.2. The molecule has 0 aromatic carbocycles. The van der Waals surface area contributed by atoms with Gasteiger partial charge in [0.05, 0.1) is 0 Å². The average molecular weight is 264 g/mol. The van der Waals surface area contributed by atoms with Crippen LogP contribution in [0.1, 0.15) is 5.56 Å². The van der Waals surface area contributed by atoms with E-state index in [1.165, 1.54) is 5.56 Å². The number of thiocarbonyl (C=S) groups is 1. The summed E-state index contributed by atoms with van der Waals surface area (Å²) in [4.78, 5) is 8.47. The van der Waals surface area contributed by atoms with Gasteiger partial charge < -0.3 is 15.1 Å². The molecule has 0 bridgehead atoms. The number of piperazine rings is 1. The standard InChI is InChI=1S/C13H20N4S/c1-16(9-4-12-2-5-14-6-3-12)13(18)17-10-7-15-8-11-17/h2-3,5-6,15H,4,7-11H2,1H3. The van der Waals surface area contributed by atoms with Crippen LogP contribution in [-0.4, -0.2) is 59.7 Å². The lowest BCUT2D eigenvalue weighted by atomic mass is 10.2. The monoisotopic (exact) mass is 264 g/mol. The molecule has 0 radical (unpaired) electrons. The fourth-order valence-corrected chi connectivity index (χ4v) is 2.31. The van der Waals surface area contributed by atoms with E-state index < -0.39 is 0 Å². The summed E-state index contributed by atoms with van der Waals surface area (Å²) in [6.07, 6.45) is 4.68. The zero-order valence-electron chi connectivity index (χ0n) is 10.8. The highest BCUT2D eigenvalue weighted by Gasteiger charge is 2.15. The molecule has 2 heterocycles. The summed E-state index contributed by atoms with van der Waals surface area (Å²) in [5, 5.41) is 4.30. The molecule has 5 heteroatoms. The molecule has 1 aliphatic heterocycles. The van der Waals surface area contributed by atoms with Crippen LogP contribution in [-0.2, 0) is 6.42 Å². The number of rotatable bonds is 3. The Morgan fingerprint density at radius 3 is 2.72 bits per heavy atom. The van der Waals surface area contributed by atoms with E-state index in [0.29, 0.717) is 0 Å². The highest BCUT2D eigenvalue weighted by Crippen LogP contribution is 2.03. The van der Waals surface area contributed by atoms with Gasteiger partial charge in [-0.1, -0.05) is 0 Å². The van der Waals surface area contributed by atoms with Crippen molar-refractivity contribution in [1.29, 1.82) is 0 Å². The fourth-order valence-electron chi connectivity index (χ4n) is 2.04. The Morgan fingerprint density at radius 2 is 2.06 bits per heavy atom. The fraction of sp³-hybridized carbons (Fsp3) is 0.538. The third kappa shape index (κ3) is 3.65. The molecular formula is C13H20N4S. The van der Waals surface area contributed by atoms with Gasteiger partial charge in [0.25, 0.3) is 0 Å². The van der Waals surface area contributed by atoms with Gasteiger partial charge in [-0.2, -0.15) is 0 Å². The highest BCUT2D eigenvalue weighted by atomic mass is 32.1. The molecule has 0 spiro atoms. The van der Waals surface area contributed by atoms with E-state index in [1.54, 1.807) is 0 Å². The van der Waals surface area contributed by atoms with Crippen LogP contribution < -0.4 is 5.32 Å². The van der Waals surface area contributed by atoms with Gasteiger partial charge in [-0.3, -0.25) is 4.98 Å². The first-order valence-electron chi connectivity index (χ1n) is 6.37. The maximum Gasteiger partial charge on any atom is 0.171 e. The minimum atomic E-state index is 0.951. The molecular weight excluding hydrogens is 244 g/mol. The number of hydrogen-bond acceptors (Lipinski definition) is 3. The molecule has 98 valence electrons. The number of hydrogen-bond donors (Lipinski definition) is 1. The summed E-state index contributed by atoms with van der Waals surface area (Å²) in [5.41, 5.74) is 1.31. The van der Waals surface area contributed by atoms with E-state index >= 15 is 0 Å². The molecule has 0 aliphatic carbocycles. The van der Waals surface area contributed by atoms with Gasteiger partial charge in [0.2, 0.25) is 0 Å². The SMILES string of the molecule is CN(CCc1ccncc1)C(=S)N1CCNCC1. The number of aromatic nitrogens is 1. The summed E-state index contributed by atoms with van der Waals surface area (Å²) >= 11 is 5.52. The topological polar surface area (TPSA) is 31.4 Å². The molecule has 18 heavy (non-hydrogen) atoms. The second-order valence-electron chi connectivity index (χ2n) is 4.55. The Hall–Kier alpha value is -1.20. The lowest BCUT2D eigenvalue weighted by Crippen LogP contribution is -2.50. The smallest absolute Gasteiger partial charge is 0.171 e. The predicted octanol–water partition coefficient (Wildman–Crippen LogP) is 0.746. The van der Waals surface area contributed by atoms with Gasteiger partial charge >= 0.3 is 0 Å². The van der Waals surface area contributed by atoms with Crippen LogP contribution in [0.5, 0.6) is 0 Å². The van der Waals surface area contributed by atoms with Crippen molar-refractivity contribution in [2.24, 2.45) is 0 Å². The molecule has 2 rings (SSSR count). The molecule has 0 amide bonds. The van der Waals surface area contributed by atoms with Crippen LogP contribution in [0, 0.1) is 0 Å². The van der Waals surface area contributed by atoms with Crippen molar-refractivity contribution < 1.29 is 0 Å². The normalized spacial score (nSPS) is 15.5. The third-order valence-corrected chi connectivity index (χ3v) is 3.77. The van der Waals surface area contributed by atoms with E-state index in [4.69, 9.17) is 12.2 Å². The van der Waals surface area contributed by atoms with Gasteiger partial charge in [-0.05, 0) is 36.3 Å². The van der Waals surface area contributed by atoms with Crippen LogP contribution in [0.25, 0.3) is 0 Å². The van der Waals surface area contributed by atoms with Crippen molar-refractivity contribution in [3.63, 3.8) is 0 Å². The maximum atomic E-state index is 5.52. The van der Waals surface area contributed by atoms with Crippen LogP contribution in [0.4, 0.5) is 0 Å². The average Bonchev–Trinajstić information content (AvgIpc) is 2.46. The maximum absolute atomic E-state index is 5.52. The molecule has 1 aromatic heterocycles.